The van der Waals surface area contributed by atoms with Crippen molar-refractivity contribution in [2.45, 2.75) is 0 Å². The van der Waals surface area contributed by atoms with Crippen molar-refractivity contribution in [1.29, 1.82) is 0 Å². The minimum atomic E-state index is -1.13. The van der Waals surface area contributed by atoms with Crippen LogP contribution in [0.5, 0.6) is 5.75 Å². The van der Waals surface area contributed by atoms with Gasteiger partial charge in [-0.1, -0.05) is 66.7 Å². The molecule has 0 radical (unpaired) electrons. The van der Waals surface area contributed by atoms with Crippen LogP contribution in [0.15, 0.2) is 72.8 Å². The zero-order valence-corrected chi connectivity index (χ0v) is 13.4. The first kappa shape index (κ1) is 15.9. The van der Waals surface area contributed by atoms with E-state index in [0.717, 1.165) is 16.7 Å². The van der Waals surface area contributed by atoms with E-state index in [1.807, 2.05) is 60.7 Å². The molecule has 0 fully saturated rings. The van der Waals surface area contributed by atoms with E-state index in [9.17, 15) is 14.5 Å². The van der Waals surface area contributed by atoms with Gasteiger partial charge in [0.2, 0.25) is 0 Å². The summed E-state index contributed by atoms with van der Waals surface area (Å²) in [6.45, 7) is 0. The highest BCUT2D eigenvalue weighted by atomic mass is 31.1. The molecule has 0 aromatic heterocycles. The smallest absolute Gasteiger partial charge is 0.395 e. The molecular weight excluding hydrogens is 323 g/mol. The Hall–Kier alpha value is -2.97. The molecule has 0 saturated heterocycles. The van der Waals surface area contributed by atoms with Gasteiger partial charge in [0.25, 0.3) is 0 Å². The number of carboxylic acid groups (broad SMARTS) is 1. The highest BCUT2D eigenvalue weighted by Crippen LogP contribution is 2.42. The minimum absolute atomic E-state index is 0.0307. The third-order valence-corrected chi connectivity index (χ3v) is 3.92. The first-order valence-electron chi connectivity index (χ1n) is 7.23. The molecule has 0 aliphatic heterocycles. The monoisotopic (exact) mass is 336 g/mol. The SMILES string of the molecule is O=POc1c(C(=O)O)ccc(-c2ccccc2)c1-c1ccccc1. The van der Waals surface area contributed by atoms with Crippen LogP contribution in [0.2, 0.25) is 0 Å². The number of carboxylic acids is 1. The van der Waals surface area contributed by atoms with E-state index < -0.39 is 14.7 Å². The van der Waals surface area contributed by atoms with Gasteiger partial charge in [-0.3, -0.25) is 0 Å². The molecule has 3 rings (SSSR count). The molecule has 0 unspecified atom stereocenters. The van der Waals surface area contributed by atoms with Crippen molar-refractivity contribution in [1.82, 2.24) is 0 Å². The average Bonchev–Trinajstić information content (AvgIpc) is 2.63. The highest BCUT2D eigenvalue weighted by Gasteiger charge is 2.21. The Morgan fingerprint density at radius 2 is 1.42 bits per heavy atom. The van der Waals surface area contributed by atoms with Crippen LogP contribution in [0.1, 0.15) is 10.4 Å². The molecule has 5 heteroatoms. The summed E-state index contributed by atoms with van der Waals surface area (Å²) in [7, 11) is -0.604. The maximum Gasteiger partial charge on any atom is 0.395 e. The molecule has 3 aromatic rings. The minimum Gasteiger partial charge on any atom is -0.478 e. The van der Waals surface area contributed by atoms with E-state index in [2.05, 4.69) is 0 Å². The Morgan fingerprint density at radius 3 is 1.96 bits per heavy atom. The molecule has 0 aliphatic carbocycles. The highest BCUT2D eigenvalue weighted by molar-refractivity contribution is 7.17. The van der Waals surface area contributed by atoms with Crippen molar-refractivity contribution in [3.63, 3.8) is 0 Å². The number of hydrogen-bond acceptors (Lipinski definition) is 3. The van der Waals surface area contributed by atoms with Crippen LogP contribution in [0.25, 0.3) is 22.3 Å². The lowest BCUT2D eigenvalue weighted by molar-refractivity contribution is 0.0695. The molecule has 4 nitrogen and oxygen atoms in total. The molecule has 24 heavy (non-hydrogen) atoms. The Bertz CT molecular complexity index is 877. The molecule has 3 aromatic carbocycles. The molecular formula is C19H13O4P. The first-order valence-corrected chi connectivity index (χ1v) is 7.96. The van der Waals surface area contributed by atoms with Gasteiger partial charge in [-0.2, -0.15) is 0 Å². The maximum atomic E-state index is 11.5. The van der Waals surface area contributed by atoms with E-state index in [1.165, 1.54) is 6.07 Å². The lowest BCUT2D eigenvalue weighted by Crippen LogP contribution is -2.01. The second-order valence-corrected chi connectivity index (χ2v) is 5.40. The van der Waals surface area contributed by atoms with E-state index in [1.54, 1.807) is 6.07 Å². The summed E-state index contributed by atoms with van der Waals surface area (Å²) in [5, 5.41) is 9.44. The van der Waals surface area contributed by atoms with E-state index in [0.29, 0.717) is 5.56 Å². The Labute approximate surface area is 140 Å². The largest absolute Gasteiger partial charge is 0.478 e. The maximum absolute atomic E-state index is 11.5. The van der Waals surface area contributed by atoms with Crippen LogP contribution in [0.3, 0.4) is 0 Å². The number of rotatable bonds is 5. The molecule has 0 amide bonds. The van der Waals surface area contributed by atoms with Gasteiger partial charge in [0.1, 0.15) is 5.56 Å². The molecule has 118 valence electrons. The molecule has 0 aliphatic rings. The van der Waals surface area contributed by atoms with Crippen molar-refractivity contribution in [3.05, 3.63) is 78.4 Å². The molecule has 0 saturated carbocycles. The standard InChI is InChI=1S/C19H13O4P/c20-19(21)16-12-11-15(13-7-3-1-4-8-13)17(18(16)23-24-22)14-9-5-2-6-10-14/h1-12H,(H,20,21). The van der Waals surface area contributed by atoms with Crippen molar-refractivity contribution in [3.8, 4) is 28.0 Å². The van der Waals surface area contributed by atoms with Gasteiger partial charge < -0.3 is 9.63 Å². The fourth-order valence-corrected chi connectivity index (χ4v) is 2.90. The lowest BCUT2D eigenvalue weighted by atomic mass is 9.91. The summed E-state index contributed by atoms with van der Waals surface area (Å²) >= 11 is 0. The topological polar surface area (TPSA) is 63.6 Å². The summed E-state index contributed by atoms with van der Waals surface area (Å²) in [6, 6.07) is 22.1. The van der Waals surface area contributed by atoms with Gasteiger partial charge in [-0.15, -0.1) is 0 Å². The van der Waals surface area contributed by atoms with Crippen LogP contribution >= 0.6 is 8.69 Å². The summed E-state index contributed by atoms with van der Waals surface area (Å²) in [6.07, 6.45) is 0. The molecule has 0 spiro atoms. The van der Waals surface area contributed by atoms with Gasteiger partial charge >= 0.3 is 14.7 Å². The molecule has 0 heterocycles. The molecule has 0 bridgehead atoms. The lowest BCUT2D eigenvalue weighted by Gasteiger charge is -2.15. The van der Waals surface area contributed by atoms with Crippen LogP contribution < -0.4 is 4.52 Å². The molecule has 1 N–H and O–H groups in total. The Balaban J connectivity index is 2.36. The van der Waals surface area contributed by atoms with Crippen LogP contribution in [0.4, 0.5) is 0 Å². The van der Waals surface area contributed by atoms with Gasteiger partial charge in [-0.25, -0.2) is 9.36 Å². The van der Waals surface area contributed by atoms with Crippen molar-refractivity contribution >= 4 is 14.7 Å². The van der Waals surface area contributed by atoms with E-state index in [4.69, 9.17) is 4.52 Å². The number of benzene rings is 3. The second kappa shape index (κ2) is 7.07. The summed E-state index contributed by atoms with van der Waals surface area (Å²) in [5.74, 6) is -1.04. The van der Waals surface area contributed by atoms with Crippen LogP contribution in [-0.2, 0) is 4.57 Å². The third kappa shape index (κ3) is 3.05. The average molecular weight is 336 g/mol. The van der Waals surface area contributed by atoms with Crippen molar-refractivity contribution in [2.24, 2.45) is 0 Å². The zero-order valence-electron chi connectivity index (χ0n) is 12.5. The fraction of sp³-hybridized carbons (Fsp3) is 0. The number of hydrogen-bond donors (Lipinski definition) is 1. The van der Waals surface area contributed by atoms with Gasteiger partial charge in [0.05, 0.1) is 0 Å². The Kier molecular flexibility index (Phi) is 4.69. The van der Waals surface area contributed by atoms with Gasteiger partial charge in [0.15, 0.2) is 5.75 Å². The van der Waals surface area contributed by atoms with Crippen LogP contribution in [-0.4, -0.2) is 11.1 Å². The van der Waals surface area contributed by atoms with E-state index >= 15 is 0 Å². The number of carbonyl (C=O) groups is 1. The zero-order chi connectivity index (χ0) is 16.9. The van der Waals surface area contributed by atoms with Crippen molar-refractivity contribution < 1.29 is 19.0 Å². The predicted molar refractivity (Wildman–Crippen MR) is 92.5 cm³/mol. The second-order valence-electron chi connectivity index (χ2n) is 5.07. The Morgan fingerprint density at radius 1 is 0.833 bits per heavy atom. The predicted octanol–water partition coefficient (Wildman–Crippen LogP) is 5.30. The van der Waals surface area contributed by atoms with Gasteiger partial charge in [-0.05, 0) is 22.8 Å². The first-order chi connectivity index (χ1) is 11.7. The molecule has 0 atom stereocenters. The normalized spacial score (nSPS) is 10.5. The van der Waals surface area contributed by atoms with Gasteiger partial charge in [0, 0.05) is 5.56 Å². The third-order valence-electron chi connectivity index (χ3n) is 3.66. The van der Waals surface area contributed by atoms with Crippen molar-refractivity contribution in [2.75, 3.05) is 0 Å². The number of aromatic carboxylic acids is 1. The quantitative estimate of drug-likeness (QED) is 0.642. The fourth-order valence-electron chi connectivity index (χ4n) is 2.63. The van der Waals surface area contributed by atoms with E-state index in [-0.39, 0.29) is 11.3 Å². The summed E-state index contributed by atoms with van der Waals surface area (Å²) in [4.78, 5) is 11.5. The summed E-state index contributed by atoms with van der Waals surface area (Å²) in [5.41, 5.74) is 3.09. The van der Waals surface area contributed by atoms with Crippen LogP contribution in [0, 0.1) is 0 Å². The summed E-state index contributed by atoms with van der Waals surface area (Å²) < 4.78 is 16.2.